The van der Waals surface area contributed by atoms with E-state index in [4.69, 9.17) is 4.42 Å². The van der Waals surface area contributed by atoms with Crippen LogP contribution in [-0.4, -0.2) is 0 Å². The lowest BCUT2D eigenvalue weighted by Gasteiger charge is -2.18. The molecule has 1 heterocycles. The summed E-state index contributed by atoms with van der Waals surface area (Å²) in [5.74, 6) is 0. The van der Waals surface area contributed by atoms with Gasteiger partial charge in [-0.1, -0.05) is 133 Å². The van der Waals surface area contributed by atoms with Crippen molar-refractivity contribution in [1.82, 2.24) is 0 Å². The molecule has 43 heavy (non-hydrogen) atoms. The third-order valence-corrected chi connectivity index (χ3v) is 8.89. The highest BCUT2D eigenvalue weighted by molar-refractivity contribution is 6.24. The molecule has 9 rings (SSSR count). The molecule has 0 radical (unpaired) electrons. The van der Waals surface area contributed by atoms with Crippen LogP contribution in [0.5, 0.6) is 0 Å². The SMILES string of the molecule is c1cc(-c2cccc3ccccc23)cc(-c2c3ccccc3c(-c3coc4cc5ccccc5cc34)c3ccccc23)c1. The molecule has 0 saturated carbocycles. The van der Waals surface area contributed by atoms with Gasteiger partial charge >= 0.3 is 0 Å². The van der Waals surface area contributed by atoms with Crippen LogP contribution in [0, 0.1) is 0 Å². The number of hydrogen-bond donors (Lipinski definition) is 0. The largest absolute Gasteiger partial charge is 0.464 e. The van der Waals surface area contributed by atoms with Gasteiger partial charge in [0.2, 0.25) is 0 Å². The van der Waals surface area contributed by atoms with Gasteiger partial charge in [0.05, 0.1) is 6.26 Å². The van der Waals surface area contributed by atoms with Crippen molar-refractivity contribution in [3.05, 3.63) is 158 Å². The first-order chi connectivity index (χ1) is 21.3. The van der Waals surface area contributed by atoms with E-state index in [0.717, 1.165) is 16.5 Å². The number of fused-ring (bicyclic) bond motifs is 5. The van der Waals surface area contributed by atoms with Gasteiger partial charge in [-0.3, -0.25) is 0 Å². The number of hydrogen-bond acceptors (Lipinski definition) is 1. The van der Waals surface area contributed by atoms with Gasteiger partial charge in [-0.05, 0) is 83.5 Å². The second-order valence-electron chi connectivity index (χ2n) is 11.3. The van der Waals surface area contributed by atoms with Crippen molar-refractivity contribution in [1.29, 1.82) is 0 Å². The fraction of sp³-hybridized carbons (Fsp3) is 0. The molecular formula is C42H26O. The monoisotopic (exact) mass is 546 g/mol. The lowest BCUT2D eigenvalue weighted by Crippen LogP contribution is -1.91. The molecule has 0 fully saturated rings. The maximum Gasteiger partial charge on any atom is 0.135 e. The van der Waals surface area contributed by atoms with Gasteiger partial charge in [0.25, 0.3) is 0 Å². The van der Waals surface area contributed by atoms with E-state index in [9.17, 15) is 0 Å². The summed E-state index contributed by atoms with van der Waals surface area (Å²) < 4.78 is 6.22. The van der Waals surface area contributed by atoms with Crippen LogP contribution in [0.2, 0.25) is 0 Å². The van der Waals surface area contributed by atoms with Crippen molar-refractivity contribution in [2.24, 2.45) is 0 Å². The van der Waals surface area contributed by atoms with Gasteiger partial charge in [0, 0.05) is 16.5 Å². The molecule has 0 unspecified atom stereocenters. The summed E-state index contributed by atoms with van der Waals surface area (Å²) in [6.45, 7) is 0. The van der Waals surface area contributed by atoms with Crippen LogP contribution in [0.25, 0.3) is 87.4 Å². The number of furan rings is 1. The molecular weight excluding hydrogens is 520 g/mol. The summed E-state index contributed by atoms with van der Waals surface area (Å²) in [4.78, 5) is 0. The quantitative estimate of drug-likeness (QED) is 0.201. The smallest absolute Gasteiger partial charge is 0.135 e. The Balaban J connectivity index is 1.34. The molecule has 0 aliphatic heterocycles. The number of benzene rings is 8. The number of rotatable bonds is 3. The van der Waals surface area contributed by atoms with E-state index in [2.05, 4.69) is 152 Å². The minimum absolute atomic E-state index is 0.911. The van der Waals surface area contributed by atoms with E-state index < -0.39 is 0 Å². The zero-order valence-corrected chi connectivity index (χ0v) is 23.4. The van der Waals surface area contributed by atoms with Crippen LogP contribution < -0.4 is 0 Å². The Morgan fingerprint density at radius 3 is 1.58 bits per heavy atom. The summed E-state index contributed by atoms with van der Waals surface area (Å²) in [6.07, 6.45) is 1.94. The molecule has 0 aliphatic carbocycles. The Bertz CT molecular complexity index is 2450. The van der Waals surface area contributed by atoms with Crippen LogP contribution in [0.3, 0.4) is 0 Å². The van der Waals surface area contributed by atoms with Crippen molar-refractivity contribution in [3.63, 3.8) is 0 Å². The molecule has 0 aliphatic rings. The minimum Gasteiger partial charge on any atom is -0.464 e. The van der Waals surface area contributed by atoms with Crippen molar-refractivity contribution < 1.29 is 4.42 Å². The van der Waals surface area contributed by atoms with Gasteiger partial charge in [0.1, 0.15) is 5.58 Å². The topological polar surface area (TPSA) is 13.1 Å². The third kappa shape index (κ3) is 3.72. The lowest BCUT2D eigenvalue weighted by molar-refractivity contribution is 0.617. The first kappa shape index (κ1) is 24.0. The van der Waals surface area contributed by atoms with Crippen LogP contribution in [0.1, 0.15) is 0 Å². The summed E-state index contributed by atoms with van der Waals surface area (Å²) in [5.41, 5.74) is 8.20. The fourth-order valence-corrected chi connectivity index (χ4v) is 6.96. The van der Waals surface area contributed by atoms with Gasteiger partial charge in [-0.2, -0.15) is 0 Å². The van der Waals surface area contributed by atoms with E-state index >= 15 is 0 Å². The molecule has 0 N–H and O–H groups in total. The molecule has 0 spiro atoms. The highest BCUT2D eigenvalue weighted by Gasteiger charge is 2.20. The second-order valence-corrected chi connectivity index (χ2v) is 11.3. The Morgan fingerprint density at radius 1 is 0.326 bits per heavy atom. The van der Waals surface area contributed by atoms with Gasteiger partial charge in [-0.15, -0.1) is 0 Å². The predicted octanol–water partition coefficient (Wildman–Crippen LogP) is 12.0. The standard InChI is InChI=1S/C42H26O/c1-2-13-29-25-40-38(24-28(29)12-1)39(26-43-40)42-36-20-7-5-18-34(36)41(35-19-6-8-21-37(35)42)31-16-9-15-30(23-31)33-22-10-14-27-11-3-4-17-32(27)33/h1-26H. The van der Waals surface area contributed by atoms with E-state index in [1.54, 1.807) is 0 Å². The van der Waals surface area contributed by atoms with E-state index in [0.29, 0.717) is 0 Å². The highest BCUT2D eigenvalue weighted by Crippen LogP contribution is 2.46. The molecule has 0 saturated heterocycles. The van der Waals surface area contributed by atoms with Crippen LogP contribution >= 0.6 is 0 Å². The molecule has 200 valence electrons. The van der Waals surface area contributed by atoms with Crippen molar-refractivity contribution in [2.45, 2.75) is 0 Å². The normalized spacial score (nSPS) is 11.7. The van der Waals surface area contributed by atoms with Crippen molar-refractivity contribution in [3.8, 4) is 33.4 Å². The van der Waals surface area contributed by atoms with E-state index in [1.807, 2.05) is 6.26 Å². The zero-order chi connectivity index (χ0) is 28.3. The first-order valence-electron chi connectivity index (χ1n) is 14.8. The molecule has 9 aromatic rings. The van der Waals surface area contributed by atoms with Gasteiger partial charge in [0.15, 0.2) is 0 Å². The van der Waals surface area contributed by atoms with Crippen LogP contribution in [-0.2, 0) is 0 Å². The minimum atomic E-state index is 0.911. The molecule has 1 nitrogen and oxygen atoms in total. The maximum absolute atomic E-state index is 6.22. The second kappa shape index (κ2) is 9.44. The predicted molar refractivity (Wildman–Crippen MR) is 183 cm³/mol. The molecule has 0 amide bonds. The molecule has 8 aromatic carbocycles. The van der Waals surface area contributed by atoms with E-state index in [1.165, 1.54) is 70.9 Å². The van der Waals surface area contributed by atoms with Gasteiger partial charge < -0.3 is 4.42 Å². The molecule has 1 aromatic heterocycles. The molecule has 0 bridgehead atoms. The average molecular weight is 547 g/mol. The van der Waals surface area contributed by atoms with Crippen LogP contribution in [0.4, 0.5) is 0 Å². The molecule has 0 atom stereocenters. The summed E-state index contributed by atoms with van der Waals surface area (Å²) in [6, 6.07) is 54.8. The van der Waals surface area contributed by atoms with Gasteiger partial charge in [-0.25, -0.2) is 0 Å². The van der Waals surface area contributed by atoms with Crippen LogP contribution in [0.15, 0.2) is 162 Å². The van der Waals surface area contributed by atoms with Crippen molar-refractivity contribution in [2.75, 3.05) is 0 Å². The molecule has 1 heteroatoms. The Hall–Kier alpha value is -5.66. The maximum atomic E-state index is 6.22. The Kier molecular flexibility index (Phi) is 5.27. The lowest BCUT2D eigenvalue weighted by atomic mass is 9.85. The highest BCUT2D eigenvalue weighted by atomic mass is 16.3. The van der Waals surface area contributed by atoms with Crippen molar-refractivity contribution >= 4 is 54.1 Å². The summed E-state index contributed by atoms with van der Waals surface area (Å²) in [5, 5.41) is 11.0. The Morgan fingerprint density at radius 2 is 0.860 bits per heavy atom. The summed E-state index contributed by atoms with van der Waals surface area (Å²) >= 11 is 0. The first-order valence-corrected chi connectivity index (χ1v) is 14.8. The fourth-order valence-electron chi connectivity index (χ4n) is 6.96. The zero-order valence-electron chi connectivity index (χ0n) is 23.4. The third-order valence-electron chi connectivity index (χ3n) is 8.89. The summed E-state index contributed by atoms with van der Waals surface area (Å²) in [7, 11) is 0. The Labute approximate surface area is 249 Å². The average Bonchev–Trinajstić information content (AvgIpc) is 3.48. The van der Waals surface area contributed by atoms with E-state index in [-0.39, 0.29) is 0 Å².